The number of hydroxylamine groups is 1. The second-order valence-corrected chi connectivity index (χ2v) is 4.94. The summed E-state index contributed by atoms with van der Waals surface area (Å²) in [6, 6.07) is 4.90. The van der Waals surface area contributed by atoms with Crippen molar-refractivity contribution >= 4 is 11.8 Å². The Morgan fingerprint density at radius 2 is 1.71 bits per heavy atom. The first kappa shape index (κ1) is 19.2. The molecule has 1 unspecified atom stereocenters. The van der Waals surface area contributed by atoms with Gasteiger partial charge in [0.25, 0.3) is 11.8 Å². The average Bonchev–Trinajstić information content (AvgIpc) is 2.55. The third-order valence-corrected chi connectivity index (χ3v) is 2.86. The summed E-state index contributed by atoms with van der Waals surface area (Å²) in [5.74, 6) is 8.78. The van der Waals surface area contributed by atoms with Gasteiger partial charge in [-0.1, -0.05) is 11.8 Å². The van der Waals surface area contributed by atoms with E-state index in [1.54, 1.807) is 12.1 Å². The third-order valence-electron chi connectivity index (χ3n) is 2.86. The van der Waals surface area contributed by atoms with Crippen molar-refractivity contribution in [1.82, 2.24) is 10.8 Å². The van der Waals surface area contributed by atoms with E-state index in [1.807, 2.05) is 0 Å². The zero-order valence-corrected chi connectivity index (χ0v) is 13.2. The first-order valence-corrected chi connectivity index (χ1v) is 7.07. The Labute approximate surface area is 139 Å². The highest BCUT2D eigenvalue weighted by molar-refractivity contribution is 5.97. The zero-order valence-electron chi connectivity index (χ0n) is 13.2. The van der Waals surface area contributed by atoms with Crippen LogP contribution in [0.2, 0.25) is 0 Å². The molecule has 0 aromatic heterocycles. The fourth-order valence-electron chi connectivity index (χ4n) is 1.65. The summed E-state index contributed by atoms with van der Waals surface area (Å²) in [5.41, 5.74) is 2.26. The molecule has 5 N–H and O–H groups in total. The van der Waals surface area contributed by atoms with Gasteiger partial charge in [-0.2, -0.15) is 0 Å². The normalized spacial score (nSPS) is 13.2. The predicted molar refractivity (Wildman–Crippen MR) is 85.6 cm³/mol. The largest absolute Gasteiger partial charge is 0.391 e. The molecule has 0 radical (unpaired) electrons. The number of hydrogen-bond acceptors (Lipinski definition) is 5. The molecule has 0 aliphatic carbocycles. The van der Waals surface area contributed by atoms with Crippen LogP contribution in [0.3, 0.4) is 0 Å². The van der Waals surface area contributed by atoms with Crippen LogP contribution >= 0.6 is 0 Å². The van der Waals surface area contributed by atoms with E-state index in [4.69, 9.17) is 10.3 Å². The minimum Gasteiger partial charge on any atom is -0.391 e. The molecule has 126 valence electrons. The van der Waals surface area contributed by atoms with E-state index in [0.29, 0.717) is 5.56 Å². The third kappa shape index (κ3) is 6.11. The highest BCUT2D eigenvalue weighted by Crippen LogP contribution is 2.05. The molecule has 3 atom stereocenters. The maximum Gasteiger partial charge on any atom is 0.268 e. The molecule has 1 aromatic rings. The molecule has 0 saturated heterocycles. The van der Waals surface area contributed by atoms with Crippen molar-refractivity contribution in [3.63, 3.8) is 0 Å². The molecule has 0 bridgehead atoms. The molecule has 7 heteroatoms. The van der Waals surface area contributed by atoms with Gasteiger partial charge in [-0.15, -0.1) is 0 Å². The van der Waals surface area contributed by atoms with Crippen molar-refractivity contribution in [2.45, 2.75) is 32.1 Å². The Morgan fingerprint density at radius 1 is 1.08 bits per heavy atom. The lowest BCUT2D eigenvalue weighted by Gasteiger charge is -2.19. The fraction of sp³-hybridized carbons (Fsp3) is 0.294. The molecule has 0 aliphatic rings. The van der Waals surface area contributed by atoms with Crippen LogP contribution in [0.15, 0.2) is 24.3 Å². The van der Waals surface area contributed by atoms with E-state index >= 15 is 0 Å². The lowest BCUT2D eigenvalue weighted by atomic mass is 10.1. The fourth-order valence-corrected chi connectivity index (χ4v) is 1.65. The van der Waals surface area contributed by atoms with Crippen molar-refractivity contribution in [3.05, 3.63) is 35.4 Å². The molecule has 2 amide bonds. The molecule has 7 nitrogen and oxygen atoms in total. The Morgan fingerprint density at radius 3 is 2.21 bits per heavy atom. The smallest absolute Gasteiger partial charge is 0.268 e. The lowest BCUT2D eigenvalue weighted by molar-refractivity contribution is -0.133. The van der Waals surface area contributed by atoms with E-state index in [-0.39, 0.29) is 5.56 Å². The Hall–Kier alpha value is -2.84. The molecular weight excluding hydrogens is 312 g/mol. The van der Waals surface area contributed by atoms with Gasteiger partial charge in [-0.3, -0.25) is 14.8 Å². The number of aliphatic hydroxyl groups excluding tert-OH is 2. The molecule has 0 heterocycles. The number of carbonyl (C=O) groups is 2. The molecule has 0 spiro atoms. The van der Waals surface area contributed by atoms with Gasteiger partial charge in [0.1, 0.15) is 12.1 Å². The highest BCUT2D eigenvalue weighted by Gasteiger charge is 2.25. The summed E-state index contributed by atoms with van der Waals surface area (Å²) in [4.78, 5) is 23.4. The standard InChI is InChI=1S/C17H18N2O5/c1-11(20)5-3-4-6-13-7-9-14(10-8-13)16(22)18-15(12(2)21)17(23)19-24/h7-12,15,20-21,24H,1-2H3,(H,18,22)(H,19,23)/t11?,12-,15+/m1/s1. The molecule has 0 saturated carbocycles. The van der Waals surface area contributed by atoms with Crippen molar-refractivity contribution in [2.24, 2.45) is 0 Å². The van der Waals surface area contributed by atoms with Crippen molar-refractivity contribution < 1.29 is 25.0 Å². The van der Waals surface area contributed by atoms with E-state index in [1.165, 1.54) is 31.5 Å². The minimum atomic E-state index is -1.28. The Bertz CT molecular complexity index is 702. The van der Waals surface area contributed by atoms with E-state index in [2.05, 4.69) is 29.0 Å². The van der Waals surface area contributed by atoms with Crippen LogP contribution in [-0.2, 0) is 4.79 Å². The summed E-state index contributed by atoms with van der Waals surface area (Å²) in [6.45, 7) is 2.84. The first-order chi connectivity index (χ1) is 11.3. The number of amides is 2. The number of rotatable bonds is 4. The summed E-state index contributed by atoms with van der Waals surface area (Å²) in [7, 11) is 0. The van der Waals surface area contributed by atoms with Crippen LogP contribution < -0.4 is 10.8 Å². The van der Waals surface area contributed by atoms with Gasteiger partial charge in [-0.05, 0) is 50.0 Å². The molecule has 1 rings (SSSR count). The molecule has 0 aliphatic heterocycles. The lowest BCUT2D eigenvalue weighted by Crippen LogP contribution is -2.51. The van der Waals surface area contributed by atoms with Crippen molar-refractivity contribution in [2.75, 3.05) is 0 Å². The number of aliphatic hydroxyl groups is 2. The highest BCUT2D eigenvalue weighted by atomic mass is 16.5. The monoisotopic (exact) mass is 330 g/mol. The molecule has 1 aromatic carbocycles. The van der Waals surface area contributed by atoms with Gasteiger partial charge >= 0.3 is 0 Å². The maximum absolute atomic E-state index is 12.1. The number of benzene rings is 1. The predicted octanol–water partition coefficient (Wildman–Crippen LogP) is -0.593. The first-order valence-electron chi connectivity index (χ1n) is 7.07. The second kappa shape index (κ2) is 9.33. The van der Waals surface area contributed by atoms with Gasteiger partial charge in [0, 0.05) is 11.1 Å². The Balaban J connectivity index is 2.80. The summed E-state index contributed by atoms with van der Waals surface area (Å²) < 4.78 is 0. The maximum atomic E-state index is 12.1. The van der Waals surface area contributed by atoms with Crippen LogP contribution in [0.1, 0.15) is 29.8 Å². The van der Waals surface area contributed by atoms with Gasteiger partial charge in [0.05, 0.1) is 6.10 Å². The van der Waals surface area contributed by atoms with Crippen LogP contribution in [0, 0.1) is 23.7 Å². The number of hydrogen-bond donors (Lipinski definition) is 5. The van der Waals surface area contributed by atoms with Crippen LogP contribution in [0.25, 0.3) is 0 Å². The second-order valence-electron chi connectivity index (χ2n) is 4.94. The Kier molecular flexibility index (Phi) is 7.47. The number of carbonyl (C=O) groups excluding carboxylic acids is 2. The molecule has 24 heavy (non-hydrogen) atoms. The van der Waals surface area contributed by atoms with Crippen LogP contribution in [-0.4, -0.2) is 45.5 Å². The molecule has 0 fully saturated rings. The van der Waals surface area contributed by atoms with Gasteiger partial charge < -0.3 is 15.5 Å². The quantitative estimate of drug-likeness (QED) is 0.287. The van der Waals surface area contributed by atoms with E-state index in [9.17, 15) is 14.7 Å². The van der Waals surface area contributed by atoms with Crippen LogP contribution in [0.5, 0.6) is 0 Å². The van der Waals surface area contributed by atoms with Gasteiger partial charge in [0.2, 0.25) is 0 Å². The zero-order chi connectivity index (χ0) is 18.1. The summed E-state index contributed by atoms with van der Waals surface area (Å²) in [5, 5.41) is 29.4. The minimum absolute atomic E-state index is 0.256. The van der Waals surface area contributed by atoms with Gasteiger partial charge in [-0.25, -0.2) is 5.48 Å². The van der Waals surface area contributed by atoms with E-state index in [0.717, 1.165) is 0 Å². The van der Waals surface area contributed by atoms with Crippen molar-refractivity contribution in [3.8, 4) is 23.7 Å². The van der Waals surface area contributed by atoms with Gasteiger partial charge in [0.15, 0.2) is 0 Å². The van der Waals surface area contributed by atoms with Crippen molar-refractivity contribution in [1.29, 1.82) is 0 Å². The van der Waals surface area contributed by atoms with E-state index < -0.39 is 30.1 Å². The van der Waals surface area contributed by atoms with Crippen LogP contribution in [0.4, 0.5) is 0 Å². The topological polar surface area (TPSA) is 119 Å². The number of nitrogens with one attached hydrogen (secondary N) is 2. The summed E-state index contributed by atoms with van der Waals surface area (Å²) in [6.07, 6.45) is -1.93. The average molecular weight is 330 g/mol. The SMILES string of the molecule is CC(O)C#CC#Cc1ccc(C(=O)N[C@H](C(=O)NO)[C@@H](C)O)cc1. The summed E-state index contributed by atoms with van der Waals surface area (Å²) >= 11 is 0. The molecular formula is C17H18N2O5.